The Morgan fingerprint density at radius 2 is 1.96 bits per heavy atom. The molecule has 2 aromatic carbocycles. The molecule has 11 heteroatoms. The molecule has 1 saturated heterocycles. The molecule has 2 bridgehead atoms. The highest BCUT2D eigenvalue weighted by molar-refractivity contribution is 7.90. The summed E-state index contributed by atoms with van der Waals surface area (Å²) in [6, 6.07) is 11.0. The summed E-state index contributed by atoms with van der Waals surface area (Å²) in [4.78, 5) is 16.0. The number of carbonyl (C=O) groups is 1. The molecule has 1 amide bonds. The molecule has 2 fully saturated rings. The number of aliphatic hydroxyl groups is 1. The smallest absolute Gasteiger partial charge is 0.264 e. The lowest BCUT2D eigenvalue weighted by Crippen LogP contribution is -2.46. The second-order valence-electron chi connectivity index (χ2n) is 13.1. The second kappa shape index (κ2) is 14.6. The predicted octanol–water partition coefficient (Wildman–Crippen LogP) is 5.42. The SMILES string of the molecule is CO[C@H]1C/C=C/[C@H](O)C2CC[C@H]2CN2CCCCc3cc(Cl)ccc3COc3ccc(cc32)C(=O)NS(=O)(=O)[C@@H]1CC1CCCO1. The summed E-state index contributed by atoms with van der Waals surface area (Å²) in [5.41, 5.74) is 3.20. The number of amides is 1. The first-order valence-corrected chi connectivity index (χ1v) is 18.5. The van der Waals surface area contributed by atoms with Crippen LogP contribution in [0.5, 0.6) is 5.75 Å². The lowest BCUT2D eigenvalue weighted by molar-refractivity contribution is 0.0451. The first-order valence-electron chi connectivity index (χ1n) is 16.6. The summed E-state index contributed by atoms with van der Waals surface area (Å²) in [5.74, 6) is 0.265. The van der Waals surface area contributed by atoms with Gasteiger partial charge in [0.2, 0.25) is 10.0 Å². The third-order valence-electron chi connectivity index (χ3n) is 10.2. The van der Waals surface area contributed by atoms with Crippen molar-refractivity contribution in [3.63, 3.8) is 0 Å². The lowest BCUT2D eigenvalue weighted by Gasteiger charge is -2.42. The standard InChI is InChI=1S/C35H45ClN2O7S/c1-43-33-9-4-8-31(39)29-14-11-25(29)21-38-16-3-2-6-23-18-27(36)13-10-26(23)22-45-32-15-12-24(19-30(32)38)35(40)37-46(41,42)34(33)20-28-7-5-17-44-28/h4,8,10,12-13,15,18-19,25,28-29,31,33-34,39H,2-3,5-7,9,11,14,16-17,20-22H2,1H3,(H,37,40)/b8-4+/t25-,28?,29?,31-,33-,34+/m0/s1. The van der Waals surface area contributed by atoms with Crippen LogP contribution in [0, 0.1) is 11.8 Å². The van der Waals surface area contributed by atoms with Gasteiger partial charge < -0.3 is 24.2 Å². The molecule has 6 atom stereocenters. The molecule has 0 radical (unpaired) electrons. The average Bonchev–Trinajstić information content (AvgIpc) is 3.52. The third-order valence-corrected chi connectivity index (χ3v) is 12.2. The van der Waals surface area contributed by atoms with Crippen LogP contribution >= 0.6 is 11.6 Å². The molecule has 0 spiro atoms. The van der Waals surface area contributed by atoms with Gasteiger partial charge in [-0.3, -0.25) is 4.79 Å². The van der Waals surface area contributed by atoms with E-state index < -0.39 is 33.4 Å². The molecule has 46 heavy (non-hydrogen) atoms. The van der Waals surface area contributed by atoms with E-state index in [0.717, 1.165) is 68.3 Å². The first-order chi connectivity index (χ1) is 22.2. The number of benzene rings is 2. The number of nitrogens with one attached hydrogen (secondary N) is 1. The monoisotopic (exact) mass is 672 g/mol. The largest absolute Gasteiger partial charge is 0.487 e. The van der Waals surface area contributed by atoms with Crippen LogP contribution in [0.4, 0.5) is 5.69 Å². The zero-order chi connectivity index (χ0) is 32.3. The quantitative estimate of drug-likeness (QED) is 0.416. The van der Waals surface area contributed by atoms with Gasteiger partial charge in [-0.05, 0) is 111 Å². The Morgan fingerprint density at radius 1 is 1.09 bits per heavy atom. The van der Waals surface area contributed by atoms with Gasteiger partial charge in [0.25, 0.3) is 5.91 Å². The van der Waals surface area contributed by atoms with Crippen LogP contribution < -0.4 is 14.4 Å². The number of fused-ring (bicyclic) bond motifs is 3. The van der Waals surface area contributed by atoms with Gasteiger partial charge >= 0.3 is 0 Å². The highest BCUT2D eigenvalue weighted by atomic mass is 35.5. The molecule has 1 aliphatic carbocycles. The van der Waals surface area contributed by atoms with Crippen molar-refractivity contribution in [2.75, 3.05) is 31.7 Å². The van der Waals surface area contributed by atoms with E-state index in [1.807, 2.05) is 24.3 Å². The molecule has 4 aliphatic rings. The number of nitrogens with zero attached hydrogens (tertiary/aromatic N) is 1. The van der Waals surface area contributed by atoms with Crippen LogP contribution in [0.3, 0.4) is 0 Å². The Hall–Kier alpha value is -2.63. The molecule has 6 rings (SSSR count). The number of methoxy groups -OCH3 is 1. The molecule has 1 saturated carbocycles. The maximum absolute atomic E-state index is 13.9. The minimum Gasteiger partial charge on any atom is -0.487 e. The molecule has 0 aromatic heterocycles. The number of hydrogen-bond acceptors (Lipinski definition) is 8. The van der Waals surface area contributed by atoms with Crippen LogP contribution in [0.2, 0.25) is 5.02 Å². The van der Waals surface area contributed by atoms with Crippen LogP contribution in [-0.4, -0.2) is 69.8 Å². The van der Waals surface area contributed by atoms with E-state index >= 15 is 0 Å². The Kier molecular flexibility index (Phi) is 10.6. The molecule has 2 unspecified atom stereocenters. The average molecular weight is 673 g/mol. The Balaban J connectivity index is 1.37. The van der Waals surface area contributed by atoms with E-state index in [1.165, 1.54) is 7.11 Å². The molecular formula is C35H45ClN2O7S. The fourth-order valence-corrected chi connectivity index (χ4v) is 9.17. The van der Waals surface area contributed by atoms with Gasteiger partial charge in [0.15, 0.2) is 0 Å². The van der Waals surface area contributed by atoms with Crippen molar-refractivity contribution in [1.29, 1.82) is 0 Å². The van der Waals surface area contributed by atoms with Gasteiger partial charge in [0, 0.05) is 37.4 Å². The molecular weight excluding hydrogens is 628 g/mol. The van der Waals surface area contributed by atoms with Crippen molar-refractivity contribution in [3.05, 3.63) is 70.3 Å². The van der Waals surface area contributed by atoms with Gasteiger partial charge in [-0.2, -0.15) is 0 Å². The lowest BCUT2D eigenvalue weighted by atomic mass is 9.70. The highest BCUT2D eigenvalue weighted by Gasteiger charge is 2.39. The Morgan fingerprint density at radius 3 is 2.72 bits per heavy atom. The van der Waals surface area contributed by atoms with Crippen molar-refractivity contribution in [1.82, 2.24) is 4.72 Å². The number of aliphatic hydroxyl groups excluding tert-OH is 1. The van der Waals surface area contributed by atoms with Crippen molar-refractivity contribution >= 4 is 33.2 Å². The minimum atomic E-state index is -4.18. The maximum atomic E-state index is 13.9. The fourth-order valence-electron chi connectivity index (χ4n) is 7.36. The van der Waals surface area contributed by atoms with Crippen LogP contribution in [0.15, 0.2) is 48.6 Å². The number of carbonyl (C=O) groups excluding carboxylic acids is 1. The number of ether oxygens (including phenoxy) is 3. The molecule has 3 heterocycles. The topological polar surface area (TPSA) is 114 Å². The Labute approximate surface area is 277 Å². The first kappa shape index (κ1) is 33.3. The minimum absolute atomic E-state index is 0.0806. The summed E-state index contributed by atoms with van der Waals surface area (Å²) in [5, 5.41) is 10.9. The van der Waals surface area contributed by atoms with E-state index in [0.29, 0.717) is 30.5 Å². The predicted molar refractivity (Wildman–Crippen MR) is 178 cm³/mol. The number of sulfonamides is 1. The van der Waals surface area contributed by atoms with Gasteiger partial charge in [0.1, 0.15) is 17.6 Å². The van der Waals surface area contributed by atoms with Crippen LogP contribution in [-0.2, 0) is 32.5 Å². The maximum Gasteiger partial charge on any atom is 0.264 e. The van der Waals surface area contributed by atoms with E-state index in [1.54, 1.807) is 24.3 Å². The van der Waals surface area contributed by atoms with Crippen molar-refractivity contribution < 1.29 is 32.5 Å². The summed E-state index contributed by atoms with van der Waals surface area (Å²) >= 11 is 6.33. The van der Waals surface area contributed by atoms with Crippen molar-refractivity contribution in [2.45, 2.75) is 88.0 Å². The number of aryl methyl sites for hydroxylation is 1. The zero-order valence-corrected chi connectivity index (χ0v) is 28.0. The normalized spacial score (nSPS) is 30.8. The number of rotatable bonds is 3. The number of halogens is 1. The fraction of sp³-hybridized carbons (Fsp3) is 0.571. The summed E-state index contributed by atoms with van der Waals surface area (Å²) in [6.07, 6.45) is 8.75. The third kappa shape index (κ3) is 7.57. The van der Waals surface area contributed by atoms with Gasteiger partial charge in [-0.15, -0.1) is 0 Å². The molecule has 9 nitrogen and oxygen atoms in total. The molecule has 250 valence electrons. The van der Waals surface area contributed by atoms with Crippen molar-refractivity contribution in [3.8, 4) is 5.75 Å². The molecule has 2 aromatic rings. The second-order valence-corrected chi connectivity index (χ2v) is 15.4. The van der Waals surface area contributed by atoms with E-state index in [9.17, 15) is 18.3 Å². The number of hydrogen-bond donors (Lipinski definition) is 2. The summed E-state index contributed by atoms with van der Waals surface area (Å²) in [6.45, 7) is 2.34. The van der Waals surface area contributed by atoms with Crippen molar-refractivity contribution in [2.24, 2.45) is 11.8 Å². The van der Waals surface area contributed by atoms with Crippen LogP contribution in [0.1, 0.15) is 72.9 Å². The van der Waals surface area contributed by atoms with Gasteiger partial charge in [-0.25, -0.2) is 13.1 Å². The van der Waals surface area contributed by atoms with Crippen LogP contribution in [0.25, 0.3) is 0 Å². The Bertz CT molecular complexity index is 1530. The van der Waals surface area contributed by atoms with E-state index in [4.69, 9.17) is 25.8 Å². The zero-order valence-electron chi connectivity index (χ0n) is 26.4. The molecule has 2 N–H and O–H groups in total. The van der Waals surface area contributed by atoms with E-state index in [-0.39, 0.29) is 36.3 Å². The highest BCUT2D eigenvalue weighted by Crippen LogP contribution is 2.41. The van der Waals surface area contributed by atoms with Gasteiger partial charge in [-0.1, -0.05) is 29.8 Å². The van der Waals surface area contributed by atoms with Gasteiger partial charge in [0.05, 0.1) is 24.0 Å². The van der Waals surface area contributed by atoms with E-state index in [2.05, 4.69) is 9.62 Å². The molecule has 3 aliphatic heterocycles. The summed E-state index contributed by atoms with van der Waals surface area (Å²) < 4.78 is 48.1. The number of anilines is 1. The summed E-state index contributed by atoms with van der Waals surface area (Å²) in [7, 11) is -2.69.